The van der Waals surface area contributed by atoms with Crippen molar-refractivity contribution in [1.29, 1.82) is 0 Å². The van der Waals surface area contributed by atoms with Crippen LogP contribution < -0.4 is 10.6 Å². The molecule has 1 amide bonds. The normalized spacial score (nSPS) is 10.8. The number of nitrogens with zero attached hydrogens (tertiary/aromatic N) is 2. The highest BCUT2D eigenvalue weighted by atomic mass is 79.9. The third-order valence-electron chi connectivity index (χ3n) is 2.57. The summed E-state index contributed by atoms with van der Waals surface area (Å²) in [7, 11) is 5.70. The van der Waals surface area contributed by atoms with Gasteiger partial charge in [-0.2, -0.15) is 0 Å². The van der Waals surface area contributed by atoms with Crippen LogP contribution in [-0.2, 0) is 0 Å². The molecule has 0 saturated carbocycles. The Balaban J connectivity index is 3.09. The molecular formula is C12H17BrFN3O. The number of primary amides is 1. The van der Waals surface area contributed by atoms with E-state index >= 15 is 0 Å². The predicted octanol–water partition coefficient (Wildman–Crippen LogP) is 1.68. The van der Waals surface area contributed by atoms with Crippen molar-refractivity contribution >= 4 is 27.5 Å². The molecule has 1 aromatic rings. The summed E-state index contributed by atoms with van der Waals surface area (Å²) >= 11 is 3.22. The number of likely N-dealkylation sites (N-methyl/N-ethyl adjacent to an activating group) is 2. The van der Waals surface area contributed by atoms with E-state index in [1.54, 1.807) is 13.1 Å². The van der Waals surface area contributed by atoms with Gasteiger partial charge >= 0.3 is 0 Å². The van der Waals surface area contributed by atoms with Crippen LogP contribution in [0.3, 0.4) is 0 Å². The molecule has 0 saturated heterocycles. The van der Waals surface area contributed by atoms with Gasteiger partial charge in [0, 0.05) is 24.6 Å². The molecule has 0 atom stereocenters. The Bertz CT molecular complexity index is 451. The summed E-state index contributed by atoms with van der Waals surface area (Å²) in [6, 6.07) is 2.93. The van der Waals surface area contributed by atoms with Crippen LogP contribution in [0.5, 0.6) is 0 Å². The fourth-order valence-electron chi connectivity index (χ4n) is 1.58. The first kappa shape index (κ1) is 14.9. The number of halogens is 2. The summed E-state index contributed by atoms with van der Waals surface area (Å²) in [5.74, 6) is -1.37. The quantitative estimate of drug-likeness (QED) is 0.899. The summed E-state index contributed by atoms with van der Waals surface area (Å²) in [5, 5.41) is 0. The third kappa shape index (κ3) is 3.68. The number of rotatable bonds is 5. The highest BCUT2D eigenvalue weighted by Gasteiger charge is 2.18. The number of carbonyl (C=O) groups excluding carboxylic acids is 1. The second kappa shape index (κ2) is 6.15. The fraction of sp³-hybridized carbons (Fsp3) is 0.417. The zero-order valence-electron chi connectivity index (χ0n) is 10.7. The van der Waals surface area contributed by atoms with E-state index in [1.165, 1.54) is 6.07 Å². The lowest BCUT2D eigenvalue weighted by Crippen LogP contribution is -2.30. The van der Waals surface area contributed by atoms with E-state index in [4.69, 9.17) is 5.73 Å². The van der Waals surface area contributed by atoms with Crippen molar-refractivity contribution in [2.24, 2.45) is 5.73 Å². The number of anilines is 1. The van der Waals surface area contributed by atoms with Crippen molar-refractivity contribution < 1.29 is 9.18 Å². The summed E-state index contributed by atoms with van der Waals surface area (Å²) in [4.78, 5) is 15.1. The van der Waals surface area contributed by atoms with Crippen LogP contribution in [-0.4, -0.2) is 45.0 Å². The molecule has 2 N–H and O–H groups in total. The molecule has 0 heterocycles. The number of amides is 1. The van der Waals surface area contributed by atoms with Crippen LogP contribution in [0.15, 0.2) is 16.6 Å². The van der Waals surface area contributed by atoms with E-state index in [9.17, 15) is 9.18 Å². The number of hydrogen-bond acceptors (Lipinski definition) is 3. The molecule has 0 spiro atoms. The molecule has 0 unspecified atom stereocenters. The molecule has 0 aliphatic heterocycles. The van der Waals surface area contributed by atoms with Crippen LogP contribution >= 0.6 is 15.9 Å². The highest BCUT2D eigenvalue weighted by Crippen LogP contribution is 2.27. The zero-order valence-corrected chi connectivity index (χ0v) is 12.3. The van der Waals surface area contributed by atoms with Gasteiger partial charge in [-0.1, -0.05) is 15.9 Å². The minimum absolute atomic E-state index is 0.0699. The van der Waals surface area contributed by atoms with Crippen molar-refractivity contribution in [3.05, 3.63) is 28.0 Å². The monoisotopic (exact) mass is 317 g/mol. The van der Waals surface area contributed by atoms with Gasteiger partial charge < -0.3 is 15.5 Å². The van der Waals surface area contributed by atoms with Crippen molar-refractivity contribution in [2.75, 3.05) is 39.1 Å². The van der Waals surface area contributed by atoms with Gasteiger partial charge in [0.1, 0.15) is 5.82 Å². The first-order valence-electron chi connectivity index (χ1n) is 5.47. The molecule has 6 heteroatoms. The van der Waals surface area contributed by atoms with E-state index in [0.717, 1.165) is 6.54 Å². The van der Waals surface area contributed by atoms with Gasteiger partial charge in [-0.05, 0) is 26.2 Å². The smallest absolute Gasteiger partial charge is 0.253 e. The second-order valence-corrected chi connectivity index (χ2v) is 5.29. The average molecular weight is 318 g/mol. The van der Waals surface area contributed by atoms with Gasteiger partial charge in [0.25, 0.3) is 5.91 Å². The van der Waals surface area contributed by atoms with E-state index in [1.807, 2.05) is 23.9 Å². The molecular weight excluding hydrogens is 301 g/mol. The molecule has 0 aliphatic carbocycles. The second-order valence-electron chi connectivity index (χ2n) is 4.37. The van der Waals surface area contributed by atoms with Crippen LogP contribution in [0.2, 0.25) is 0 Å². The van der Waals surface area contributed by atoms with Crippen molar-refractivity contribution in [1.82, 2.24) is 4.90 Å². The molecule has 0 fully saturated rings. The Kier molecular flexibility index (Phi) is 5.10. The maximum Gasteiger partial charge on any atom is 0.253 e. The molecule has 100 valence electrons. The number of hydrogen-bond donors (Lipinski definition) is 1. The first-order valence-corrected chi connectivity index (χ1v) is 6.27. The van der Waals surface area contributed by atoms with Crippen LogP contribution in [0.4, 0.5) is 10.1 Å². The van der Waals surface area contributed by atoms with Crippen molar-refractivity contribution in [3.8, 4) is 0 Å². The van der Waals surface area contributed by atoms with Gasteiger partial charge in [-0.15, -0.1) is 0 Å². The molecule has 0 radical (unpaired) electrons. The molecule has 18 heavy (non-hydrogen) atoms. The van der Waals surface area contributed by atoms with E-state index in [-0.39, 0.29) is 5.56 Å². The Labute approximate surface area is 115 Å². The molecule has 4 nitrogen and oxygen atoms in total. The Morgan fingerprint density at radius 3 is 2.44 bits per heavy atom. The maximum absolute atomic E-state index is 13.8. The third-order valence-corrected chi connectivity index (χ3v) is 3.03. The summed E-state index contributed by atoms with van der Waals surface area (Å²) in [6.45, 7) is 1.46. The van der Waals surface area contributed by atoms with E-state index < -0.39 is 11.7 Å². The molecule has 0 aliphatic rings. The number of nitrogens with two attached hydrogens (primary N) is 1. The largest absolute Gasteiger partial charge is 0.373 e. The molecule has 0 aromatic heterocycles. The van der Waals surface area contributed by atoms with Gasteiger partial charge in [-0.3, -0.25) is 4.79 Å². The SMILES string of the molecule is CN(C)CCN(C)c1cc(Br)cc(F)c1C(N)=O. The van der Waals surface area contributed by atoms with E-state index in [2.05, 4.69) is 15.9 Å². The zero-order chi connectivity index (χ0) is 13.9. The molecule has 0 bridgehead atoms. The van der Waals surface area contributed by atoms with Crippen molar-refractivity contribution in [2.45, 2.75) is 0 Å². The Morgan fingerprint density at radius 1 is 1.33 bits per heavy atom. The van der Waals surface area contributed by atoms with E-state index in [0.29, 0.717) is 16.7 Å². The summed E-state index contributed by atoms with van der Waals surface area (Å²) in [6.07, 6.45) is 0. The lowest BCUT2D eigenvalue weighted by molar-refractivity contribution is 0.0997. The number of carbonyl (C=O) groups is 1. The van der Waals surface area contributed by atoms with Gasteiger partial charge in [0.2, 0.25) is 0 Å². The maximum atomic E-state index is 13.8. The van der Waals surface area contributed by atoms with Crippen molar-refractivity contribution in [3.63, 3.8) is 0 Å². The van der Waals surface area contributed by atoms with Crippen LogP contribution in [0, 0.1) is 5.82 Å². The van der Waals surface area contributed by atoms with Gasteiger partial charge in [0.05, 0.1) is 11.3 Å². The average Bonchev–Trinajstić information content (AvgIpc) is 2.23. The summed E-state index contributed by atoms with van der Waals surface area (Å²) < 4.78 is 14.3. The summed E-state index contributed by atoms with van der Waals surface area (Å²) in [5.41, 5.74) is 5.65. The van der Waals surface area contributed by atoms with Crippen LogP contribution in [0.1, 0.15) is 10.4 Å². The minimum atomic E-state index is -0.758. The fourth-order valence-corrected chi connectivity index (χ4v) is 1.99. The molecule has 1 aromatic carbocycles. The lowest BCUT2D eigenvalue weighted by atomic mass is 10.1. The topological polar surface area (TPSA) is 49.6 Å². The van der Waals surface area contributed by atoms with Gasteiger partial charge in [0.15, 0.2) is 0 Å². The lowest BCUT2D eigenvalue weighted by Gasteiger charge is -2.23. The Hall–Kier alpha value is -1.14. The number of benzene rings is 1. The van der Waals surface area contributed by atoms with Gasteiger partial charge in [-0.25, -0.2) is 4.39 Å². The minimum Gasteiger partial charge on any atom is -0.373 e. The van der Waals surface area contributed by atoms with Crippen LogP contribution in [0.25, 0.3) is 0 Å². The highest BCUT2D eigenvalue weighted by molar-refractivity contribution is 9.10. The standard InChI is InChI=1S/C12H17BrFN3O/c1-16(2)4-5-17(3)10-7-8(13)6-9(14)11(10)12(15)18/h6-7H,4-5H2,1-3H3,(H2,15,18). The predicted molar refractivity (Wildman–Crippen MR) is 74.4 cm³/mol. The Morgan fingerprint density at radius 2 is 1.94 bits per heavy atom. The molecule has 1 rings (SSSR count). The first-order chi connectivity index (χ1) is 8.32.